The van der Waals surface area contributed by atoms with Crippen molar-refractivity contribution in [3.63, 3.8) is 0 Å². The SMILES string of the molecule is CN=C(NCC(C(C)C)N1CCN(C)CC1)N1CCC(COCCOC)C1. The molecule has 158 valence electrons. The van der Waals surface area contributed by atoms with Crippen molar-refractivity contribution in [3.05, 3.63) is 0 Å². The van der Waals surface area contributed by atoms with Crippen LogP contribution in [0.1, 0.15) is 20.3 Å². The van der Waals surface area contributed by atoms with Gasteiger partial charge in [0.2, 0.25) is 0 Å². The van der Waals surface area contributed by atoms with Crippen LogP contribution in [0.5, 0.6) is 0 Å². The Morgan fingerprint density at radius 2 is 1.89 bits per heavy atom. The van der Waals surface area contributed by atoms with E-state index in [-0.39, 0.29) is 0 Å². The Hall–Kier alpha value is -0.890. The molecule has 2 heterocycles. The second-order valence-electron chi connectivity index (χ2n) is 8.25. The van der Waals surface area contributed by atoms with Gasteiger partial charge in [-0.3, -0.25) is 9.89 Å². The Balaban J connectivity index is 1.78. The highest BCUT2D eigenvalue weighted by atomic mass is 16.5. The van der Waals surface area contributed by atoms with Crippen LogP contribution in [-0.4, -0.2) is 114 Å². The molecule has 2 aliphatic rings. The monoisotopic (exact) mass is 383 g/mol. The number of nitrogens with zero attached hydrogens (tertiary/aromatic N) is 4. The van der Waals surface area contributed by atoms with Crippen LogP contribution < -0.4 is 5.32 Å². The number of methoxy groups -OCH3 is 1. The minimum absolute atomic E-state index is 0.547. The Labute approximate surface area is 166 Å². The summed E-state index contributed by atoms with van der Waals surface area (Å²) >= 11 is 0. The minimum Gasteiger partial charge on any atom is -0.382 e. The first-order valence-corrected chi connectivity index (χ1v) is 10.5. The lowest BCUT2D eigenvalue weighted by atomic mass is 10.0. The molecule has 2 rings (SSSR count). The molecular formula is C20H41N5O2. The highest BCUT2D eigenvalue weighted by Gasteiger charge is 2.28. The van der Waals surface area contributed by atoms with Crippen molar-refractivity contribution in [2.75, 3.05) is 86.8 Å². The average Bonchev–Trinajstić information content (AvgIpc) is 3.12. The topological polar surface area (TPSA) is 52.6 Å². The molecule has 0 aromatic carbocycles. The summed E-state index contributed by atoms with van der Waals surface area (Å²) in [5, 5.41) is 3.66. The quantitative estimate of drug-likeness (QED) is 0.361. The molecule has 0 aliphatic carbocycles. The summed E-state index contributed by atoms with van der Waals surface area (Å²) in [5.74, 6) is 2.24. The van der Waals surface area contributed by atoms with Crippen LogP contribution in [0.25, 0.3) is 0 Å². The third-order valence-corrected chi connectivity index (χ3v) is 5.83. The summed E-state index contributed by atoms with van der Waals surface area (Å²) in [4.78, 5) is 12.0. The van der Waals surface area contributed by atoms with Crippen molar-refractivity contribution in [2.45, 2.75) is 26.3 Å². The molecule has 7 heteroatoms. The maximum Gasteiger partial charge on any atom is 0.193 e. The average molecular weight is 384 g/mol. The molecule has 0 radical (unpaired) electrons. The van der Waals surface area contributed by atoms with E-state index in [1.807, 2.05) is 7.05 Å². The maximum atomic E-state index is 5.71. The van der Waals surface area contributed by atoms with E-state index >= 15 is 0 Å². The van der Waals surface area contributed by atoms with Gasteiger partial charge in [0.15, 0.2) is 5.96 Å². The predicted molar refractivity (Wildman–Crippen MR) is 111 cm³/mol. The largest absolute Gasteiger partial charge is 0.382 e. The molecule has 0 spiro atoms. The zero-order chi connectivity index (χ0) is 19.6. The molecule has 2 saturated heterocycles. The lowest BCUT2D eigenvalue weighted by Gasteiger charge is -2.40. The summed E-state index contributed by atoms with van der Waals surface area (Å²) in [6, 6.07) is 0.547. The highest BCUT2D eigenvalue weighted by Crippen LogP contribution is 2.17. The standard InChI is InChI=1S/C20H41N5O2/c1-17(2)19(24-10-8-23(4)9-11-24)14-22-20(21-3)25-7-6-18(15-25)16-27-13-12-26-5/h17-19H,6-16H2,1-5H3,(H,21,22). The van der Waals surface area contributed by atoms with Crippen molar-refractivity contribution in [1.29, 1.82) is 0 Å². The van der Waals surface area contributed by atoms with E-state index in [0.717, 1.165) is 58.4 Å². The van der Waals surface area contributed by atoms with Gasteiger partial charge in [0, 0.05) is 71.9 Å². The zero-order valence-corrected chi connectivity index (χ0v) is 18.1. The molecule has 0 bridgehead atoms. The van der Waals surface area contributed by atoms with Gasteiger partial charge in [0.05, 0.1) is 19.8 Å². The molecule has 27 heavy (non-hydrogen) atoms. The normalized spacial score (nSPS) is 24.0. The number of likely N-dealkylation sites (N-methyl/N-ethyl adjacent to an activating group) is 1. The first kappa shape index (κ1) is 22.4. The summed E-state index contributed by atoms with van der Waals surface area (Å²) in [6.07, 6.45) is 1.17. The van der Waals surface area contributed by atoms with E-state index in [1.54, 1.807) is 7.11 Å². The van der Waals surface area contributed by atoms with E-state index in [4.69, 9.17) is 9.47 Å². The Kier molecular flexibility index (Phi) is 9.82. The second kappa shape index (κ2) is 11.8. The third-order valence-electron chi connectivity index (χ3n) is 5.83. The first-order valence-electron chi connectivity index (χ1n) is 10.5. The molecular weight excluding hydrogens is 342 g/mol. The summed E-state index contributed by atoms with van der Waals surface area (Å²) in [6.45, 7) is 14.5. The summed E-state index contributed by atoms with van der Waals surface area (Å²) < 4.78 is 10.8. The van der Waals surface area contributed by atoms with Crippen molar-refractivity contribution >= 4 is 5.96 Å². The molecule has 0 amide bonds. The summed E-state index contributed by atoms with van der Waals surface area (Å²) in [5.41, 5.74) is 0. The van der Waals surface area contributed by atoms with E-state index in [1.165, 1.54) is 6.42 Å². The Morgan fingerprint density at radius 3 is 2.52 bits per heavy atom. The predicted octanol–water partition coefficient (Wildman–Crippen LogP) is 0.819. The van der Waals surface area contributed by atoms with Crippen molar-refractivity contribution < 1.29 is 9.47 Å². The van der Waals surface area contributed by atoms with Crippen LogP contribution in [0.4, 0.5) is 0 Å². The molecule has 2 atom stereocenters. The van der Waals surface area contributed by atoms with Gasteiger partial charge in [-0.2, -0.15) is 0 Å². The molecule has 7 nitrogen and oxygen atoms in total. The van der Waals surface area contributed by atoms with Crippen LogP contribution in [0.15, 0.2) is 4.99 Å². The first-order chi connectivity index (χ1) is 13.0. The number of aliphatic imine (C=N–C) groups is 1. The fourth-order valence-corrected chi connectivity index (χ4v) is 4.02. The van der Waals surface area contributed by atoms with E-state index < -0.39 is 0 Å². The lowest BCUT2D eigenvalue weighted by molar-refractivity contribution is 0.0536. The van der Waals surface area contributed by atoms with Crippen molar-refractivity contribution in [1.82, 2.24) is 20.0 Å². The molecule has 2 fully saturated rings. The molecule has 2 aliphatic heterocycles. The van der Waals surface area contributed by atoms with Gasteiger partial charge in [0.25, 0.3) is 0 Å². The number of nitrogens with one attached hydrogen (secondary N) is 1. The van der Waals surface area contributed by atoms with Gasteiger partial charge in [-0.15, -0.1) is 0 Å². The van der Waals surface area contributed by atoms with Gasteiger partial charge in [-0.25, -0.2) is 0 Å². The van der Waals surface area contributed by atoms with Crippen LogP contribution in [-0.2, 0) is 9.47 Å². The maximum absolute atomic E-state index is 5.71. The number of hydrogen-bond acceptors (Lipinski definition) is 5. The molecule has 1 N–H and O–H groups in total. The Bertz CT molecular complexity index is 438. The lowest BCUT2D eigenvalue weighted by Crippen LogP contribution is -2.55. The van der Waals surface area contributed by atoms with E-state index in [9.17, 15) is 0 Å². The third kappa shape index (κ3) is 7.22. The molecule has 0 aromatic rings. The second-order valence-corrected chi connectivity index (χ2v) is 8.25. The molecule has 0 saturated carbocycles. The van der Waals surface area contributed by atoms with Crippen molar-refractivity contribution in [2.24, 2.45) is 16.8 Å². The van der Waals surface area contributed by atoms with Gasteiger partial charge in [0.1, 0.15) is 0 Å². The Morgan fingerprint density at radius 1 is 1.15 bits per heavy atom. The van der Waals surface area contributed by atoms with Crippen molar-refractivity contribution in [3.8, 4) is 0 Å². The molecule has 2 unspecified atom stereocenters. The van der Waals surface area contributed by atoms with Crippen LogP contribution >= 0.6 is 0 Å². The van der Waals surface area contributed by atoms with E-state index in [2.05, 4.69) is 45.9 Å². The van der Waals surface area contributed by atoms with Gasteiger partial charge < -0.3 is 24.6 Å². The van der Waals surface area contributed by atoms with Gasteiger partial charge in [-0.05, 0) is 19.4 Å². The number of likely N-dealkylation sites (tertiary alicyclic amines) is 1. The number of piperazine rings is 1. The number of hydrogen-bond donors (Lipinski definition) is 1. The van der Waals surface area contributed by atoms with Gasteiger partial charge in [-0.1, -0.05) is 13.8 Å². The van der Waals surface area contributed by atoms with Crippen LogP contribution in [0.2, 0.25) is 0 Å². The minimum atomic E-state index is 0.547. The van der Waals surface area contributed by atoms with Gasteiger partial charge >= 0.3 is 0 Å². The van der Waals surface area contributed by atoms with Crippen LogP contribution in [0, 0.1) is 11.8 Å². The number of guanidine groups is 1. The number of ether oxygens (including phenoxy) is 2. The fraction of sp³-hybridized carbons (Fsp3) is 0.950. The zero-order valence-electron chi connectivity index (χ0n) is 18.1. The number of rotatable bonds is 9. The fourth-order valence-electron chi connectivity index (χ4n) is 4.02. The smallest absolute Gasteiger partial charge is 0.193 e. The van der Waals surface area contributed by atoms with Crippen LogP contribution in [0.3, 0.4) is 0 Å². The van der Waals surface area contributed by atoms with E-state index in [0.29, 0.717) is 31.1 Å². The highest BCUT2D eigenvalue weighted by molar-refractivity contribution is 5.80. The summed E-state index contributed by atoms with van der Waals surface area (Å²) in [7, 11) is 5.82. The molecule has 0 aromatic heterocycles.